The molecule has 20 heavy (non-hydrogen) atoms. The standard InChI is InChI=1S/C16H18ClFN2/c1-10-6-11(2)8-12(7-10)9-15(20-19)16-13(17)4-3-5-14(16)18/h3-8,15,20H,9,19H2,1-2H3. The predicted molar refractivity (Wildman–Crippen MR) is 81.1 cm³/mol. The molecule has 0 heterocycles. The topological polar surface area (TPSA) is 38.0 Å². The largest absolute Gasteiger partial charge is 0.271 e. The molecule has 0 spiro atoms. The van der Waals surface area contributed by atoms with Crippen molar-refractivity contribution in [2.24, 2.45) is 5.84 Å². The van der Waals surface area contributed by atoms with Gasteiger partial charge < -0.3 is 0 Å². The Morgan fingerprint density at radius 3 is 2.40 bits per heavy atom. The van der Waals surface area contributed by atoms with Crippen molar-refractivity contribution in [2.75, 3.05) is 0 Å². The lowest BCUT2D eigenvalue weighted by atomic mass is 9.96. The monoisotopic (exact) mass is 292 g/mol. The zero-order valence-corrected chi connectivity index (χ0v) is 12.3. The number of halogens is 2. The molecule has 0 fully saturated rings. The molecular weight excluding hydrogens is 275 g/mol. The van der Waals surface area contributed by atoms with Crippen molar-refractivity contribution in [3.05, 3.63) is 69.5 Å². The van der Waals surface area contributed by atoms with Gasteiger partial charge in [0, 0.05) is 10.6 Å². The molecule has 0 bridgehead atoms. The van der Waals surface area contributed by atoms with Gasteiger partial charge in [0.15, 0.2) is 0 Å². The maximum absolute atomic E-state index is 14.0. The minimum Gasteiger partial charge on any atom is -0.271 e. The van der Waals surface area contributed by atoms with Gasteiger partial charge >= 0.3 is 0 Å². The summed E-state index contributed by atoms with van der Waals surface area (Å²) in [5, 5.41) is 0.386. The normalized spacial score (nSPS) is 12.4. The predicted octanol–water partition coefficient (Wildman–Crippen LogP) is 3.84. The summed E-state index contributed by atoms with van der Waals surface area (Å²) in [6.07, 6.45) is 0.583. The second kappa shape index (κ2) is 6.35. The van der Waals surface area contributed by atoms with E-state index in [1.807, 2.05) is 13.8 Å². The third kappa shape index (κ3) is 3.37. The fraction of sp³-hybridized carbons (Fsp3) is 0.250. The zero-order chi connectivity index (χ0) is 14.7. The van der Waals surface area contributed by atoms with Crippen LogP contribution in [0.15, 0.2) is 36.4 Å². The highest BCUT2D eigenvalue weighted by atomic mass is 35.5. The number of rotatable bonds is 4. The minimum absolute atomic E-state index is 0.343. The second-order valence-corrected chi connectivity index (χ2v) is 5.46. The fourth-order valence-electron chi connectivity index (χ4n) is 2.51. The van der Waals surface area contributed by atoms with Gasteiger partial charge in [-0.2, -0.15) is 0 Å². The van der Waals surface area contributed by atoms with Gasteiger partial charge in [0.25, 0.3) is 0 Å². The average Bonchev–Trinajstić information content (AvgIpc) is 2.36. The molecule has 0 aromatic heterocycles. The molecule has 1 unspecified atom stereocenters. The van der Waals surface area contributed by atoms with E-state index >= 15 is 0 Å². The molecule has 2 nitrogen and oxygen atoms in total. The molecule has 0 aliphatic heterocycles. The number of nitrogens with two attached hydrogens (primary N) is 1. The SMILES string of the molecule is Cc1cc(C)cc(CC(NN)c2c(F)cccc2Cl)c1. The highest BCUT2D eigenvalue weighted by Gasteiger charge is 2.18. The maximum Gasteiger partial charge on any atom is 0.129 e. The summed E-state index contributed by atoms with van der Waals surface area (Å²) in [7, 11) is 0. The van der Waals surface area contributed by atoms with Crippen molar-refractivity contribution < 1.29 is 4.39 Å². The van der Waals surface area contributed by atoms with Crippen LogP contribution in [-0.4, -0.2) is 0 Å². The van der Waals surface area contributed by atoms with E-state index in [0.29, 0.717) is 17.0 Å². The lowest BCUT2D eigenvalue weighted by Crippen LogP contribution is -2.30. The Labute approximate surface area is 123 Å². The van der Waals surface area contributed by atoms with E-state index in [2.05, 4.69) is 23.6 Å². The molecule has 2 aromatic carbocycles. The fourth-order valence-corrected chi connectivity index (χ4v) is 2.81. The van der Waals surface area contributed by atoms with Crippen molar-refractivity contribution in [3.8, 4) is 0 Å². The van der Waals surface area contributed by atoms with Gasteiger partial charge in [0.05, 0.1) is 6.04 Å². The van der Waals surface area contributed by atoms with E-state index in [-0.39, 0.29) is 11.9 Å². The summed E-state index contributed by atoms with van der Waals surface area (Å²) >= 11 is 6.10. The van der Waals surface area contributed by atoms with E-state index in [9.17, 15) is 4.39 Å². The van der Waals surface area contributed by atoms with Gasteiger partial charge in [-0.15, -0.1) is 0 Å². The first-order valence-electron chi connectivity index (χ1n) is 6.48. The maximum atomic E-state index is 14.0. The van der Waals surface area contributed by atoms with Gasteiger partial charge in [-0.3, -0.25) is 11.3 Å². The summed E-state index contributed by atoms with van der Waals surface area (Å²) in [6.45, 7) is 4.08. The summed E-state index contributed by atoms with van der Waals surface area (Å²) < 4.78 is 14.0. The number of benzene rings is 2. The Kier molecular flexibility index (Phi) is 4.76. The van der Waals surface area contributed by atoms with Crippen LogP contribution in [0.25, 0.3) is 0 Å². The van der Waals surface area contributed by atoms with E-state index in [1.165, 1.54) is 17.2 Å². The van der Waals surface area contributed by atoms with Crippen molar-refractivity contribution >= 4 is 11.6 Å². The smallest absolute Gasteiger partial charge is 0.129 e. The summed E-state index contributed by atoms with van der Waals surface area (Å²) in [4.78, 5) is 0. The molecule has 2 aromatic rings. The van der Waals surface area contributed by atoms with E-state index < -0.39 is 0 Å². The van der Waals surface area contributed by atoms with Crippen molar-refractivity contribution in [2.45, 2.75) is 26.3 Å². The Morgan fingerprint density at radius 2 is 1.85 bits per heavy atom. The number of hydrazine groups is 1. The van der Waals surface area contributed by atoms with Crippen LogP contribution < -0.4 is 11.3 Å². The molecule has 3 N–H and O–H groups in total. The molecule has 0 saturated carbocycles. The summed E-state index contributed by atoms with van der Waals surface area (Å²) in [5.74, 6) is 5.25. The summed E-state index contributed by atoms with van der Waals surface area (Å²) in [6, 6.07) is 10.6. The third-order valence-corrected chi connectivity index (χ3v) is 3.60. The van der Waals surface area contributed by atoms with Crippen LogP contribution >= 0.6 is 11.6 Å². The van der Waals surface area contributed by atoms with Crippen LogP contribution in [0, 0.1) is 19.7 Å². The van der Waals surface area contributed by atoms with Crippen molar-refractivity contribution in [1.82, 2.24) is 5.43 Å². The molecule has 0 saturated heterocycles. The first-order valence-corrected chi connectivity index (χ1v) is 6.86. The minimum atomic E-state index is -0.357. The molecule has 0 radical (unpaired) electrons. The summed E-state index contributed by atoms with van der Waals surface area (Å²) in [5.41, 5.74) is 6.53. The first kappa shape index (κ1) is 15.0. The van der Waals surface area contributed by atoms with Crippen LogP contribution in [0.2, 0.25) is 5.02 Å². The van der Waals surface area contributed by atoms with Crippen LogP contribution in [0.4, 0.5) is 4.39 Å². The second-order valence-electron chi connectivity index (χ2n) is 5.05. The van der Waals surface area contributed by atoms with Crippen LogP contribution in [0.3, 0.4) is 0 Å². The molecule has 4 heteroatoms. The Morgan fingerprint density at radius 1 is 1.20 bits per heavy atom. The van der Waals surface area contributed by atoms with Crippen LogP contribution in [0.1, 0.15) is 28.3 Å². The lowest BCUT2D eigenvalue weighted by molar-refractivity contribution is 0.510. The van der Waals surface area contributed by atoms with E-state index in [4.69, 9.17) is 17.4 Å². The number of hydrogen-bond acceptors (Lipinski definition) is 2. The van der Waals surface area contributed by atoms with Crippen LogP contribution in [0.5, 0.6) is 0 Å². The Hall–Kier alpha value is -1.42. The highest BCUT2D eigenvalue weighted by Crippen LogP contribution is 2.28. The van der Waals surface area contributed by atoms with Gasteiger partial charge in [-0.1, -0.05) is 47.0 Å². The zero-order valence-electron chi connectivity index (χ0n) is 11.6. The molecule has 106 valence electrons. The number of nitrogens with one attached hydrogen (secondary N) is 1. The van der Waals surface area contributed by atoms with Crippen molar-refractivity contribution in [1.29, 1.82) is 0 Å². The van der Waals surface area contributed by atoms with Gasteiger partial charge in [0.1, 0.15) is 5.82 Å². The molecular formula is C16H18ClFN2. The Bertz CT molecular complexity index is 573. The van der Waals surface area contributed by atoms with E-state index in [0.717, 1.165) is 5.56 Å². The lowest BCUT2D eigenvalue weighted by Gasteiger charge is -2.19. The number of aryl methyl sites for hydroxylation is 2. The van der Waals surface area contributed by atoms with Crippen molar-refractivity contribution in [3.63, 3.8) is 0 Å². The van der Waals surface area contributed by atoms with Crippen LogP contribution in [-0.2, 0) is 6.42 Å². The first-order chi connectivity index (χ1) is 9.51. The van der Waals surface area contributed by atoms with Gasteiger partial charge in [-0.05, 0) is 38.0 Å². The van der Waals surface area contributed by atoms with Gasteiger partial charge in [-0.25, -0.2) is 4.39 Å². The molecule has 0 aliphatic carbocycles. The molecule has 2 rings (SSSR count). The van der Waals surface area contributed by atoms with Gasteiger partial charge in [0.2, 0.25) is 0 Å². The highest BCUT2D eigenvalue weighted by molar-refractivity contribution is 6.31. The third-order valence-electron chi connectivity index (χ3n) is 3.27. The number of hydrogen-bond donors (Lipinski definition) is 2. The molecule has 0 amide bonds. The van der Waals surface area contributed by atoms with E-state index in [1.54, 1.807) is 12.1 Å². The quantitative estimate of drug-likeness (QED) is 0.664. The molecule has 1 atom stereocenters. The Balaban J connectivity index is 2.34. The average molecular weight is 293 g/mol. The molecule has 0 aliphatic rings.